The predicted molar refractivity (Wildman–Crippen MR) is 122 cm³/mol. The van der Waals surface area contributed by atoms with Gasteiger partial charge in [-0.3, -0.25) is 9.59 Å². The number of nitrogens with zero attached hydrogens (tertiary/aromatic N) is 3. The number of hydrogen-bond donors (Lipinski definition) is 1. The summed E-state index contributed by atoms with van der Waals surface area (Å²) in [6, 6.07) is 18.8. The van der Waals surface area contributed by atoms with E-state index in [0.29, 0.717) is 24.7 Å². The van der Waals surface area contributed by atoms with Crippen molar-refractivity contribution in [3.05, 3.63) is 93.4 Å². The predicted octanol–water partition coefficient (Wildman–Crippen LogP) is 3.48. The third kappa shape index (κ3) is 5.52. The monoisotopic (exact) mass is 436 g/mol. The summed E-state index contributed by atoms with van der Waals surface area (Å²) < 4.78 is 1.46. The SMILES string of the molecule is O=C(NCc1ccc(Cl)cc1)[C@H]1CCCN(c2cnn(Cc3ccccc3)c(=O)c2)C1. The molecule has 2 aromatic carbocycles. The summed E-state index contributed by atoms with van der Waals surface area (Å²) in [5.41, 5.74) is 2.66. The number of anilines is 1. The molecule has 1 saturated heterocycles. The van der Waals surface area contributed by atoms with E-state index >= 15 is 0 Å². The second-order valence-electron chi connectivity index (χ2n) is 7.82. The first-order chi connectivity index (χ1) is 15.1. The molecular weight excluding hydrogens is 412 g/mol. The van der Waals surface area contributed by atoms with Crippen molar-refractivity contribution in [3.63, 3.8) is 0 Å². The van der Waals surface area contributed by atoms with Crippen LogP contribution in [-0.2, 0) is 17.9 Å². The van der Waals surface area contributed by atoms with E-state index in [9.17, 15) is 9.59 Å². The average Bonchev–Trinajstić information content (AvgIpc) is 2.80. The van der Waals surface area contributed by atoms with Crippen LogP contribution in [0, 0.1) is 5.92 Å². The van der Waals surface area contributed by atoms with Crippen molar-refractivity contribution < 1.29 is 4.79 Å². The minimum atomic E-state index is -0.143. The molecule has 160 valence electrons. The van der Waals surface area contributed by atoms with Gasteiger partial charge >= 0.3 is 0 Å². The molecule has 1 fully saturated rings. The minimum Gasteiger partial charge on any atom is -0.369 e. The Morgan fingerprint density at radius 1 is 1.10 bits per heavy atom. The molecular formula is C24H25ClN4O2. The number of halogens is 1. The molecule has 1 aliphatic rings. The molecule has 2 heterocycles. The lowest BCUT2D eigenvalue weighted by Crippen LogP contribution is -2.43. The summed E-state index contributed by atoms with van der Waals surface area (Å²) in [6.45, 7) is 2.31. The van der Waals surface area contributed by atoms with Gasteiger partial charge in [0.25, 0.3) is 5.56 Å². The first-order valence-electron chi connectivity index (χ1n) is 10.5. The third-order valence-corrected chi connectivity index (χ3v) is 5.82. The van der Waals surface area contributed by atoms with Gasteiger partial charge in [0.2, 0.25) is 5.91 Å². The molecule has 1 atom stereocenters. The van der Waals surface area contributed by atoms with Gasteiger partial charge in [-0.05, 0) is 36.1 Å². The molecule has 0 radical (unpaired) electrons. The second kappa shape index (κ2) is 9.79. The average molecular weight is 437 g/mol. The number of amides is 1. The first kappa shape index (κ1) is 21.1. The van der Waals surface area contributed by atoms with Crippen molar-refractivity contribution in [2.24, 2.45) is 5.92 Å². The zero-order valence-electron chi connectivity index (χ0n) is 17.2. The van der Waals surface area contributed by atoms with Gasteiger partial charge in [-0.2, -0.15) is 5.10 Å². The maximum absolute atomic E-state index is 12.7. The first-order valence-corrected chi connectivity index (χ1v) is 10.8. The van der Waals surface area contributed by atoms with Crippen molar-refractivity contribution in [2.75, 3.05) is 18.0 Å². The molecule has 6 nitrogen and oxygen atoms in total. The lowest BCUT2D eigenvalue weighted by atomic mass is 9.96. The van der Waals surface area contributed by atoms with E-state index in [4.69, 9.17) is 11.6 Å². The van der Waals surface area contributed by atoms with Crippen LogP contribution in [0.4, 0.5) is 5.69 Å². The number of piperidine rings is 1. The van der Waals surface area contributed by atoms with E-state index in [1.165, 1.54) is 4.68 Å². The molecule has 4 rings (SSSR count). The molecule has 1 aliphatic heterocycles. The highest BCUT2D eigenvalue weighted by atomic mass is 35.5. The summed E-state index contributed by atoms with van der Waals surface area (Å²) in [5, 5.41) is 8.05. The topological polar surface area (TPSA) is 67.2 Å². The third-order valence-electron chi connectivity index (χ3n) is 5.57. The molecule has 0 spiro atoms. The van der Waals surface area contributed by atoms with Crippen LogP contribution >= 0.6 is 11.6 Å². The second-order valence-corrected chi connectivity index (χ2v) is 8.26. The fourth-order valence-electron chi connectivity index (χ4n) is 3.83. The fraction of sp³-hybridized carbons (Fsp3) is 0.292. The summed E-state index contributed by atoms with van der Waals surface area (Å²) in [5.74, 6) is -0.0853. The van der Waals surface area contributed by atoms with Crippen molar-refractivity contribution >= 4 is 23.2 Å². The lowest BCUT2D eigenvalue weighted by Gasteiger charge is -2.33. The molecule has 7 heteroatoms. The highest BCUT2D eigenvalue weighted by molar-refractivity contribution is 6.30. The van der Waals surface area contributed by atoms with Crippen LogP contribution in [0.25, 0.3) is 0 Å². The van der Waals surface area contributed by atoms with Gasteiger partial charge in [-0.1, -0.05) is 54.1 Å². The molecule has 0 unspecified atom stereocenters. The Labute approximate surface area is 186 Å². The van der Waals surface area contributed by atoms with Crippen LogP contribution in [0.3, 0.4) is 0 Å². The Hall–Kier alpha value is -3.12. The Kier molecular flexibility index (Phi) is 6.67. The molecule has 3 aromatic rings. The van der Waals surface area contributed by atoms with Gasteiger partial charge in [0, 0.05) is 30.7 Å². The molecule has 0 aliphatic carbocycles. The van der Waals surface area contributed by atoms with Crippen molar-refractivity contribution in [2.45, 2.75) is 25.9 Å². The fourth-order valence-corrected chi connectivity index (χ4v) is 3.96. The van der Waals surface area contributed by atoms with Crippen LogP contribution in [0.1, 0.15) is 24.0 Å². The van der Waals surface area contributed by atoms with Gasteiger partial charge in [-0.15, -0.1) is 0 Å². The molecule has 0 bridgehead atoms. The van der Waals surface area contributed by atoms with Gasteiger partial charge in [0.05, 0.1) is 24.3 Å². The maximum Gasteiger partial charge on any atom is 0.269 e. The van der Waals surface area contributed by atoms with Gasteiger partial charge in [0.15, 0.2) is 0 Å². The van der Waals surface area contributed by atoms with Crippen molar-refractivity contribution in [1.82, 2.24) is 15.1 Å². The van der Waals surface area contributed by atoms with E-state index in [1.54, 1.807) is 12.3 Å². The number of nitrogens with one attached hydrogen (secondary N) is 1. The lowest BCUT2D eigenvalue weighted by molar-refractivity contribution is -0.125. The Morgan fingerprint density at radius 2 is 1.87 bits per heavy atom. The summed E-state index contributed by atoms with van der Waals surface area (Å²) in [6.07, 6.45) is 3.45. The minimum absolute atomic E-state index is 0.0324. The number of carbonyl (C=O) groups excluding carboxylic acids is 1. The van der Waals surface area contributed by atoms with Gasteiger partial charge < -0.3 is 10.2 Å². The summed E-state index contributed by atoms with van der Waals surface area (Å²) in [4.78, 5) is 27.3. The number of aromatic nitrogens is 2. The van der Waals surface area contributed by atoms with E-state index in [1.807, 2.05) is 54.6 Å². The number of benzene rings is 2. The summed E-state index contributed by atoms with van der Waals surface area (Å²) in [7, 11) is 0. The Morgan fingerprint density at radius 3 is 2.61 bits per heavy atom. The smallest absolute Gasteiger partial charge is 0.269 e. The standard InChI is InChI=1S/C24H25ClN4O2/c25-21-10-8-18(9-11-21)14-26-24(31)20-7-4-12-28(17-20)22-13-23(30)29(27-15-22)16-19-5-2-1-3-6-19/h1-3,5-6,8-11,13,15,20H,4,7,12,14,16-17H2,(H,26,31)/t20-/m0/s1. The number of hydrogen-bond acceptors (Lipinski definition) is 4. The highest BCUT2D eigenvalue weighted by Gasteiger charge is 2.26. The largest absolute Gasteiger partial charge is 0.369 e. The number of carbonyl (C=O) groups is 1. The Bertz CT molecular complexity index is 1080. The summed E-state index contributed by atoms with van der Waals surface area (Å²) >= 11 is 5.91. The molecule has 1 amide bonds. The quantitative estimate of drug-likeness (QED) is 0.642. The van der Waals surface area contributed by atoms with Crippen molar-refractivity contribution in [3.8, 4) is 0 Å². The highest BCUT2D eigenvalue weighted by Crippen LogP contribution is 2.22. The normalized spacial score (nSPS) is 16.2. The van der Waals surface area contributed by atoms with E-state index in [0.717, 1.165) is 36.2 Å². The van der Waals surface area contributed by atoms with Crippen LogP contribution in [0.5, 0.6) is 0 Å². The van der Waals surface area contributed by atoms with E-state index in [-0.39, 0.29) is 17.4 Å². The Balaban J connectivity index is 1.37. The van der Waals surface area contributed by atoms with Crippen LogP contribution in [0.2, 0.25) is 5.02 Å². The maximum atomic E-state index is 12.7. The van der Waals surface area contributed by atoms with Crippen molar-refractivity contribution in [1.29, 1.82) is 0 Å². The van der Waals surface area contributed by atoms with Gasteiger partial charge in [-0.25, -0.2) is 4.68 Å². The molecule has 1 N–H and O–H groups in total. The van der Waals surface area contributed by atoms with Crippen LogP contribution in [-0.4, -0.2) is 28.8 Å². The molecule has 31 heavy (non-hydrogen) atoms. The van der Waals surface area contributed by atoms with Gasteiger partial charge in [0.1, 0.15) is 0 Å². The molecule has 1 aromatic heterocycles. The molecule has 0 saturated carbocycles. The zero-order valence-corrected chi connectivity index (χ0v) is 18.0. The van der Waals surface area contributed by atoms with E-state index < -0.39 is 0 Å². The number of rotatable bonds is 6. The zero-order chi connectivity index (χ0) is 21.6. The van der Waals surface area contributed by atoms with E-state index in [2.05, 4.69) is 15.3 Å². The van der Waals surface area contributed by atoms with Crippen LogP contribution in [0.15, 0.2) is 71.7 Å². The van der Waals surface area contributed by atoms with Crippen LogP contribution < -0.4 is 15.8 Å².